The Balaban J connectivity index is 3.22. The highest BCUT2D eigenvalue weighted by atomic mass is 79.9. The molecular weight excluding hydrogens is 216 g/mol. The fourth-order valence-corrected chi connectivity index (χ4v) is 1.69. The van der Waals surface area contributed by atoms with Crippen LogP contribution >= 0.6 is 15.9 Å². The highest BCUT2D eigenvalue weighted by Crippen LogP contribution is 2.28. The normalized spacial score (nSPS) is 10.8. The van der Waals surface area contributed by atoms with Gasteiger partial charge in [-0.2, -0.15) is 5.26 Å². The lowest BCUT2D eigenvalue weighted by atomic mass is 9.87. The summed E-state index contributed by atoms with van der Waals surface area (Å²) in [4.78, 5) is 3.94. The maximum atomic E-state index is 8.88. The van der Waals surface area contributed by atoms with E-state index in [9.17, 15) is 0 Å². The minimum Gasteiger partial charge on any atom is -0.264 e. The summed E-state index contributed by atoms with van der Waals surface area (Å²) in [7, 11) is 0. The second kappa shape index (κ2) is 3.24. The zero-order valence-electron chi connectivity index (χ0n) is 7.00. The van der Waals surface area contributed by atoms with Gasteiger partial charge < -0.3 is 0 Å². The van der Waals surface area contributed by atoms with Crippen molar-refractivity contribution in [3.63, 3.8) is 0 Å². The quantitative estimate of drug-likeness (QED) is 0.736. The van der Waals surface area contributed by atoms with Crippen LogP contribution in [0.15, 0.2) is 22.9 Å². The Morgan fingerprint density at radius 1 is 1.58 bits per heavy atom. The molecule has 0 N–H and O–H groups in total. The fraction of sp³-hybridized carbons (Fsp3) is 0.333. The van der Waals surface area contributed by atoms with Crippen molar-refractivity contribution in [1.29, 1.82) is 5.26 Å². The van der Waals surface area contributed by atoms with E-state index in [-0.39, 0.29) is 0 Å². The molecule has 3 heteroatoms. The van der Waals surface area contributed by atoms with Gasteiger partial charge in [0.1, 0.15) is 0 Å². The zero-order chi connectivity index (χ0) is 9.19. The summed E-state index contributed by atoms with van der Waals surface area (Å²) in [5.41, 5.74) is 0.516. The molecular formula is C9H9BrN2. The molecule has 0 spiro atoms. The van der Waals surface area contributed by atoms with Crippen molar-refractivity contribution in [2.75, 3.05) is 0 Å². The molecule has 0 aromatic carbocycles. The van der Waals surface area contributed by atoms with Crippen LogP contribution in [0, 0.1) is 11.3 Å². The Morgan fingerprint density at radius 3 is 2.75 bits per heavy atom. The number of nitrogens with zero attached hydrogens (tertiary/aromatic N) is 2. The number of nitriles is 1. The molecule has 0 aliphatic rings. The Labute approximate surface area is 80.4 Å². The van der Waals surface area contributed by atoms with E-state index in [0.717, 1.165) is 10.0 Å². The van der Waals surface area contributed by atoms with Gasteiger partial charge in [0.15, 0.2) is 0 Å². The molecule has 0 aliphatic carbocycles. The highest BCUT2D eigenvalue weighted by Gasteiger charge is 2.21. The molecule has 0 radical (unpaired) electrons. The molecule has 2 nitrogen and oxygen atoms in total. The Hall–Kier alpha value is -0.880. The third-order valence-corrected chi connectivity index (χ3v) is 2.36. The van der Waals surface area contributed by atoms with E-state index in [1.165, 1.54) is 0 Å². The number of pyridine rings is 1. The molecule has 1 aromatic heterocycles. The summed E-state index contributed by atoms with van der Waals surface area (Å²) >= 11 is 3.36. The van der Waals surface area contributed by atoms with Crippen LogP contribution in [-0.4, -0.2) is 4.98 Å². The van der Waals surface area contributed by atoms with Crippen LogP contribution in [0.25, 0.3) is 0 Å². The number of aromatic nitrogens is 1. The van der Waals surface area contributed by atoms with Crippen molar-refractivity contribution in [3.8, 4) is 6.07 Å². The number of rotatable bonds is 1. The highest BCUT2D eigenvalue weighted by molar-refractivity contribution is 9.10. The van der Waals surface area contributed by atoms with E-state index in [4.69, 9.17) is 5.26 Å². The lowest BCUT2D eigenvalue weighted by Crippen LogP contribution is -2.14. The van der Waals surface area contributed by atoms with E-state index in [1.54, 1.807) is 12.4 Å². The van der Waals surface area contributed by atoms with Crippen molar-refractivity contribution in [2.45, 2.75) is 19.3 Å². The Kier molecular flexibility index (Phi) is 2.49. The maximum Gasteiger partial charge on any atom is 0.0778 e. The van der Waals surface area contributed by atoms with Crippen LogP contribution in [0.3, 0.4) is 0 Å². The van der Waals surface area contributed by atoms with Gasteiger partial charge in [-0.1, -0.05) is 0 Å². The van der Waals surface area contributed by atoms with Gasteiger partial charge in [0.25, 0.3) is 0 Å². The first kappa shape index (κ1) is 9.21. The summed E-state index contributed by atoms with van der Waals surface area (Å²) in [6, 6.07) is 4.10. The van der Waals surface area contributed by atoms with Crippen molar-refractivity contribution in [2.24, 2.45) is 0 Å². The first-order valence-corrected chi connectivity index (χ1v) is 4.38. The third-order valence-electron chi connectivity index (χ3n) is 1.73. The van der Waals surface area contributed by atoms with Gasteiger partial charge in [-0.3, -0.25) is 4.98 Å². The van der Waals surface area contributed by atoms with Gasteiger partial charge in [-0.15, -0.1) is 0 Å². The molecule has 12 heavy (non-hydrogen) atoms. The second-order valence-electron chi connectivity index (χ2n) is 3.09. The molecule has 0 aliphatic heterocycles. The second-order valence-corrected chi connectivity index (χ2v) is 3.95. The smallest absolute Gasteiger partial charge is 0.0778 e. The van der Waals surface area contributed by atoms with Crippen molar-refractivity contribution >= 4 is 15.9 Å². The summed E-state index contributed by atoms with van der Waals surface area (Å²) in [6.45, 7) is 3.76. The topological polar surface area (TPSA) is 36.7 Å². The van der Waals surface area contributed by atoms with Crippen LogP contribution in [0.4, 0.5) is 0 Å². The molecule has 1 aromatic rings. The van der Waals surface area contributed by atoms with Gasteiger partial charge >= 0.3 is 0 Å². The largest absolute Gasteiger partial charge is 0.264 e. The molecule has 0 amide bonds. The van der Waals surface area contributed by atoms with Crippen LogP contribution in [0.1, 0.15) is 19.4 Å². The number of hydrogen-bond donors (Lipinski definition) is 0. The monoisotopic (exact) mass is 224 g/mol. The number of hydrogen-bond acceptors (Lipinski definition) is 2. The third kappa shape index (κ3) is 1.64. The van der Waals surface area contributed by atoms with Crippen LogP contribution in [-0.2, 0) is 5.41 Å². The van der Waals surface area contributed by atoms with Gasteiger partial charge in [-0.05, 0) is 41.4 Å². The Bertz CT molecular complexity index is 326. The summed E-state index contributed by atoms with van der Waals surface area (Å²) in [5, 5.41) is 8.88. The fourth-order valence-electron chi connectivity index (χ4n) is 0.942. The van der Waals surface area contributed by atoms with Gasteiger partial charge in [-0.25, -0.2) is 0 Å². The van der Waals surface area contributed by atoms with Crippen LogP contribution in [0.5, 0.6) is 0 Å². The van der Waals surface area contributed by atoms with E-state index in [2.05, 4.69) is 27.0 Å². The lowest BCUT2D eigenvalue weighted by molar-refractivity contribution is 0.681. The molecule has 1 heterocycles. The van der Waals surface area contributed by atoms with E-state index < -0.39 is 5.41 Å². The maximum absolute atomic E-state index is 8.88. The first-order valence-electron chi connectivity index (χ1n) is 3.59. The van der Waals surface area contributed by atoms with Crippen molar-refractivity contribution < 1.29 is 0 Å². The molecule has 1 rings (SSSR count). The van der Waals surface area contributed by atoms with Crippen LogP contribution < -0.4 is 0 Å². The predicted octanol–water partition coefficient (Wildman–Crippen LogP) is 2.65. The molecule has 0 saturated heterocycles. The molecule has 0 fully saturated rings. The van der Waals surface area contributed by atoms with E-state index in [1.807, 2.05) is 19.9 Å². The van der Waals surface area contributed by atoms with Crippen LogP contribution in [0.2, 0.25) is 0 Å². The van der Waals surface area contributed by atoms with Gasteiger partial charge in [0.05, 0.1) is 11.5 Å². The van der Waals surface area contributed by atoms with Crippen molar-refractivity contribution in [1.82, 2.24) is 4.98 Å². The molecule has 0 saturated carbocycles. The molecule has 0 bridgehead atoms. The lowest BCUT2D eigenvalue weighted by Gasteiger charge is -2.16. The average molecular weight is 225 g/mol. The van der Waals surface area contributed by atoms with Gasteiger partial charge in [0, 0.05) is 16.9 Å². The van der Waals surface area contributed by atoms with Crippen molar-refractivity contribution in [3.05, 3.63) is 28.5 Å². The van der Waals surface area contributed by atoms with E-state index in [0.29, 0.717) is 0 Å². The standard InChI is InChI=1S/C9H9BrN2/c1-9(2,6-11)7-3-4-12-5-8(7)10/h3-5H,1-2H3. The molecule has 0 atom stereocenters. The molecule has 0 unspecified atom stereocenters. The minimum atomic E-state index is -0.457. The number of halogens is 1. The average Bonchev–Trinajstić information content (AvgIpc) is 2.05. The van der Waals surface area contributed by atoms with Gasteiger partial charge in [0.2, 0.25) is 0 Å². The summed E-state index contributed by atoms with van der Waals surface area (Å²) in [5.74, 6) is 0. The van der Waals surface area contributed by atoms with E-state index >= 15 is 0 Å². The predicted molar refractivity (Wildman–Crippen MR) is 50.6 cm³/mol. The SMILES string of the molecule is CC(C)(C#N)c1ccncc1Br. The summed E-state index contributed by atoms with van der Waals surface area (Å²) in [6.07, 6.45) is 3.40. The summed E-state index contributed by atoms with van der Waals surface area (Å²) < 4.78 is 0.886. The minimum absolute atomic E-state index is 0.457. The molecule has 62 valence electrons. The zero-order valence-corrected chi connectivity index (χ0v) is 8.59. The first-order chi connectivity index (χ1) is 5.58. The Morgan fingerprint density at radius 2 is 2.25 bits per heavy atom.